The third kappa shape index (κ3) is 30.5. The van der Waals surface area contributed by atoms with Gasteiger partial charge in [-0.2, -0.15) is 0 Å². The predicted octanol–water partition coefficient (Wildman–Crippen LogP) is 8.65. The molecule has 1 amide bonds. The van der Waals surface area contributed by atoms with E-state index in [4.69, 9.17) is 109 Å². The third-order valence-corrected chi connectivity index (χ3v) is 21.5. The number of carbonyl (C=O) groups excluding carboxylic acids is 8. The Balaban J connectivity index is 1.22. The van der Waals surface area contributed by atoms with Crippen LogP contribution in [0.3, 0.4) is 0 Å². The fourth-order valence-corrected chi connectivity index (χ4v) is 15.4. The number of methoxy groups -OCH3 is 1. The minimum absolute atomic E-state index is 0.0159. The first-order valence-electron chi connectivity index (χ1n) is 43.1. The van der Waals surface area contributed by atoms with Gasteiger partial charge in [-0.05, 0) is 30.4 Å². The number of unbranched alkanes of at least 4 members (excludes halogenated alkanes) is 5. The molecule has 5 heterocycles. The number of ether oxygens (including phenoxy) is 21. The Hall–Kier alpha value is -8.09. The molecule has 10 unspecified atom stereocenters. The standard InChI is InChI=1S/C86H118B4N4O32P2/c1-11-14-41-105-60-45-86(83(102)104-10,111-44-31-21-30-40-94(46-56-32-22-17-23-33-56)84(103)110-48-57-34-24-18-25-35-57)124-70(64-51-112-85(8,9)123-64)66(60)118-81-76(115-55(7)99)73(74(125-87-89-127)67(119-81)61(47-95)106-42-15-12-2)121-82-77(122-80-65(92-93-91)71(114-54(6)98)69(113-53(5)97)63(116-80)50-108-52(4)96)72(117-79(101)59-38-28-20-29-39-59)75(126-88-90-128)68(120-82)62(107-43-16-13-3)49-109-78(100)58-36-26-19-27-37-58/h17-20,22-29,32-39,60-77,80-82,95H,11-16,21,30-31,40-51,127-128H2,1-10H3/t60-,61+,62+,63?,64-,65?,66-,67?,68+,69-,70?,71+,72?,73?,74-,75-,76-,77?,80-,81+,82?,86-/m1/s1. The number of nitrogens with zero attached hydrogens (tertiary/aromatic N) is 4. The van der Waals surface area contributed by atoms with E-state index < -0.39 is 214 Å². The summed E-state index contributed by atoms with van der Waals surface area (Å²) in [5.41, 5.74) is 12.4. The number of aliphatic hydroxyl groups excluding tert-OH is 1. The Morgan fingerprint density at radius 2 is 1.12 bits per heavy atom. The summed E-state index contributed by atoms with van der Waals surface area (Å²) in [5, 5.41) is 15.9. The van der Waals surface area contributed by atoms with Gasteiger partial charge in [-0.3, -0.25) is 0 Å². The zero-order chi connectivity index (χ0) is 92.1. The first kappa shape index (κ1) is 104. The fourth-order valence-electron chi connectivity index (χ4n) is 15.2. The second-order valence-electron chi connectivity index (χ2n) is 31.3. The maximum atomic E-state index is 15.4. The molecule has 5 fully saturated rings. The number of azide groups is 1. The molecule has 0 spiro atoms. The van der Waals surface area contributed by atoms with Crippen LogP contribution in [0, 0.1) is 0 Å². The van der Waals surface area contributed by atoms with Gasteiger partial charge in [0.25, 0.3) is 0 Å². The van der Waals surface area contributed by atoms with Gasteiger partial charge in [0.2, 0.25) is 0 Å². The Morgan fingerprint density at radius 1 is 0.570 bits per heavy atom. The molecule has 0 radical (unpaired) electrons. The average molecular weight is 1830 g/mol. The van der Waals surface area contributed by atoms with Crippen LogP contribution < -0.4 is 0 Å². The molecule has 1 N–H and O–H groups in total. The quantitative estimate of drug-likeness (QED) is 0.00631. The van der Waals surface area contributed by atoms with Gasteiger partial charge in [0.15, 0.2) is 0 Å². The molecular weight excluding hydrogens is 1710 g/mol. The molecule has 0 aromatic heterocycles. The zero-order valence-electron chi connectivity index (χ0n) is 73.9. The zero-order valence-corrected chi connectivity index (χ0v) is 76.2. The number of hydrogen-bond acceptors (Lipinski definition) is 33. The van der Waals surface area contributed by atoms with Gasteiger partial charge < -0.3 is 9.64 Å². The van der Waals surface area contributed by atoms with E-state index in [1.165, 1.54) is 58.4 Å². The van der Waals surface area contributed by atoms with Gasteiger partial charge in [-0.15, -0.1) is 0 Å². The molecule has 42 heteroatoms. The molecule has 0 saturated carbocycles. The van der Waals surface area contributed by atoms with Gasteiger partial charge in [0, 0.05) is 13.1 Å². The second kappa shape index (κ2) is 53.4. The van der Waals surface area contributed by atoms with E-state index in [1.807, 2.05) is 81.4 Å². The van der Waals surface area contributed by atoms with Crippen molar-refractivity contribution in [2.45, 2.75) is 280 Å². The number of aliphatic hydroxyl groups is 1. The molecule has 128 heavy (non-hydrogen) atoms. The molecule has 4 aromatic rings. The van der Waals surface area contributed by atoms with Crippen LogP contribution >= 0.6 is 18.2 Å². The summed E-state index contributed by atoms with van der Waals surface area (Å²) in [6, 6.07) is 32.6. The number of carbonyl (C=O) groups is 8. The van der Waals surface area contributed by atoms with E-state index >= 15 is 4.79 Å². The second-order valence-corrected chi connectivity index (χ2v) is 32.1. The fraction of sp³-hybridized carbons (Fsp3) is 0.628. The normalized spacial score (nSPS) is 27.6. The van der Waals surface area contributed by atoms with Crippen LogP contribution in [0.2, 0.25) is 0 Å². The van der Waals surface area contributed by atoms with Crippen molar-refractivity contribution < 1.29 is 152 Å². The SMILES string of the molecule is CCCCO[C@@H](CO)C1O[C@H](O[C@H]2C([C@H]3COC(C)(C)O3)O[C@@](OCCCCCN(Cc3ccccc3)C(=O)OCc3ccccc3)(C(=O)OC)C[C@H]2OCCCC)[C@H](OC(C)=O)C(OC2O[C@@H]([C@H](COC(=O)c3ccccc3)OCCCC)[C@@H](OB=BP)C(OC(=O)c3ccccc3)C2O[C@H]2OC(COC(C)=O)[C@@H](OC(C)=O)[C@@H](OC(C)=O)C2N=[N+]=[N-])[C@@H]1OB=BP. The van der Waals surface area contributed by atoms with E-state index in [1.54, 1.807) is 55.1 Å². The summed E-state index contributed by atoms with van der Waals surface area (Å²) >= 11 is 0. The number of rotatable bonds is 49. The van der Waals surface area contributed by atoms with Crippen molar-refractivity contribution in [3.8, 4) is 0 Å². The van der Waals surface area contributed by atoms with E-state index in [0.717, 1.165) is 38.8 Å². The monoisotopic (exact) mass is 1820 g/mol. The number of benzene rings is 4. The molecule has 4 aromatic carbocycles. The molecule has 5 aliphatic rings. The Labute approximate surface area is 752 Å². The summed E-state index contributed by atoms with van der Waals surface area (Å²) in [4.78, 5) is 117. The van der Waals surface area contributed by atoms with E-state index in [0.29, 0.717) is 57.8 Å². The van der Waals surface area contributed by atoms with Crippen LogP contribution in [-0.2, 0) is 146 Å². The predicted molar refractivity (Wildman–Crippen MR) is 465 cm³/mol. The summed E-state index contributed by atoms with van der Waals surface area (Å²) in [5.74, 6) is -10.2. The van der Waals surface area contributed by atoms with Crippen LogP contribution in [0.4, 0.5) is 4.79 Å². The van der Waals surface area contributed by atoms with Gasteiger partial charge in [-0.25, -0.2) is 4.79 Å². The topological polar surface area (TPSA) is 421 Å². The Bertz CT molecular complexity index is 4230. The molecule has 9 rings (SSSR count). The van der Waals surface area contributed by atoms with Crippen molar-refractivity contribution in [3.05, 3.63) is 154 Å². The molecule has 5 saturated heterocycles. The van der Waals surface area contributed by atoms with Crippen LogP contribution in [-0.4, -0.2) is 292 Å². The summed E-state index contributed by atoms with van der Waals surface area (Å²) in [7, 11) is 8.37. The van der Waals surface area contributed by atoms with Crippen molar-refractivity contribution in [3.63, 3.8) is 0 Å². The first-order valence-corrected chi connectivity index (χ1v) is 44.5. The first-order chi connectivity index (χ1) is 61.8. The van der Waals surface area contributed by atoms with E-state index in [2.05, 4.69) is 28.3 Å². The molecule has 24 atom stereocenters. The molecule has 0 bridgehead atoms. The molecule has 5 aliphatic heterocycles. The Kier molecular flexibility index (Phi) is 43.3. The van der Waals surface area contributed by atoms with Crippen molar-refractivity contribution in [1.29, 1.82) is 0 Å². The molecule has 696 valence electrons. The number of amides is 1. The number of hydrogen-bond donors (Lipinski definition) is 1. The van der Waals surface area contributed by atoms with Gasteiger partial charge in [0.1, 0.15) is 6.61 Å². The van der Waals surface area contributed by atoms with Crippen molar-refractivity contribution >= 4 is 93.2 Å². The minimum atomic E-state index is -2.29. The van der Waals surface area contributed by atoms with Gasteiger partial charge in [-0.1, -0.05) is 67.6 Å². The Morgan fingerprint density at radius 3 is 1.69 bits per heavy atom. The van der Waals surface area contributed by atoms with Crippen LogP contribution in [0.5, 0.6) is 0 Å². The van der Waals surface area contributed by atoms with E-state index in [9.17, 15) is 44.2 Å². The molecule has 36 nitrogen and oxygen atoms in total. The average Bonchev–Trinajstić information content (AvgIpc) is 1.52. The number of esters is 7. The van der Waals surface area contributed by atoms with Crippen molar-refractivity contribution in [2.24, 2.45) is 5.11 Å². The molecular formula is C86H118B4N4O32P2. The van der Waals surface area contributed by atoms with Crippen LogP contribution in [0.15, 0.2) is 126 Å². The van der Waals surface area contributed by atoms with Gasteiger partial charge in [0.05, 0.1) is 7.11 Å². The summed E-state index contributed by atoms with van der Waals surface area (Å²) < 4.78 is 152. The van der Waals surface area contributed by atoms with Crippen molar-refractivity contribution in [2.75, 3.05) is 66.5 Å². The van der Waals surface area contributed by atoms with Crippen LogP contribution in [0.1, 0.15) is 158 Å². The summed E-state index contributed by atoms with van der Waals surface area (Å²) in [6.45, 7) is 14.4. The van der Waals surface area contributed by atoms with E-state index in [-0.39, 0.29) is 63.9 Å². The maximum absolute atomic E-state index is 15.4. The van der Waals surface area contributed by atoms with Crippen molar-refractivity contribution in [1.82, 2.24) is 4.90 Å². The van der Waals surface area contributed by atoms with Crippen LogP contribution in [0.25, 0.3) is 10.4 Å². The third-order valence-electron chi connectivity index (χ3n) is 21.2. The summed E-state index contributed by atoms with van der Waals surface area (Å²) in [6.07, 6.45) is -31.2. The molecule has 0 aliphatic carbocycles. The van der Waals surface area contributed by atoms with Gasteiger partial charge >= 0.3 is 617 Å².